The number of hydrogen-bond donors (Lipinski definition) is 0. The van der Waals surface area contributed by atoms with E-state index in [1.54, 1.807) is 0 Å². The molecule has 0 saturated heterocycles. The molecule has 1 nitrogen and oxygen atoms in total. The minimum Gasteiger partial charge on any atom is -0.300 e. The Morgan fingerprint density at radius 1 is 1.25 bits per heavy atom. The van der Waals surface area contributed by atoms with Crippen LogP contribution in [0, 0.1) is 0 Å². The lowest BCUT2D eigenvalue weighted by molar-refractivity contribution is -0.116. The fourth-order valence-electron chi connectivity index (χ4n) is 0.883. The van der Waals surface area contributed by atoms with Gasteiger partial charge in [0.15, 0.2) is 0 Å². The number of rotatable bonds is 3. The maximum atomic E-state index is 11.3. The van der Waals surface area contributed by atoms with Crippen LogP contribution >= 0.6 is 0 Å². The number of ketones is 1. The highest BCUT2D eigenvalue weighted by molar-refractivity contribution is 6.82. The molecule has 0 radical (unpaired) electrons. The van der Waals surface area contributed by atoms with Gasteiger partial charge in [-0.3, -0.25) is 0 Å². The maximum Gasteiger partial charge on any atom is 0.130 e. The number of Topliss-reactive ketones (excluding diaryl/α,β-unsaturated/α-hetero) is 1. The van der Waals surface area contributed by atoms with Crippen LogP contribution < -0.4 is 0 Å². The summed E-state index contributed by atoms with van der Waals surface area (Å²) in [7, 11) is -1.34. The Labute approximate surface area is 77.6 Å². The molecule has 0 aromatic rings. The minimum absolute atomic E-state index is 0.345. The van der Waals surface area contributed by atoms with Crippen LogP contribution in [0.5, 0.6) is 0 Å². The van der Waals surface area contributed by atoms with Crippen molar-refractivity contribution in [3.05, 3.63) is 0 Å². The van der Waals surface area contributed by atoms with Gasteiger partial charge in [0.05, 0.1) is 8.07 Å². The van der Waals surface area contributed by atoms with E-state index >= 15 is 0 Å². The fraction of sp³-hybridized carbons (Fsp3) is 0.900. The van der Waals surface area contributed by atoms with E-state index in [-0.39, 0.29) is 0 Å². The topological polar surface area (TPSA) is 17.1 Å². The molecule has 0 saturated carbocycles. The van der Waals surface area contributed by atoms with Crippen molar-refractivity contribution in [2.45, 2.75) is 58.3 Å². The molecule has 0 aromatic heterocycles. The highest BCUT2D eigenvalue weighted by atomic mass is 28.3. The van der Waals surface area contributed by atoms with Crippen molar-refractivity contribution < 1.29 is 4.79 Å². The molecule has 2 heteroatoms. The lowest BCUT2D eigenvalue weighted by atomic mass is 10.2. The number of hydrogen-bond acceptors (Lipinski definition) is 1. The molecule has 0 atom stereocenters. The van der Waals surface area contributed by atoms with Crippen molar-refractivity contribution in [3.8, 4) is 0 Å². The van der Waals surface area contributed by atoms with Crippen molar-refractivity contribution >= 4 is 13.9 Å². The molecule has 0 spiro atoms. The van der Waals surface area contributed by atoms with Crippen molar-refractivity contribution in [2.24, 2.45) is 0 Å². The Balaban J connectivity index is 4.33. The number of carbonyl (C=O) groups is 1. The van der Waals surface area contributed by atoms with E-state index in [4.69, 9.17) is 0 Å². The Hall–Kier alpha value is -0.113. The second kappa shape index (κ2) is 3.73. The molecule has 0 aliphatic rings. The molecule has 0 unspecified atom stereocenters. The third-order valence-electron chi connectivity index (χ3n) is 3.06. The Morgan fingerprint density at radius 2 is 1.67 bits per heavy atom. The van der Waals surface area contributed by atoms with Crippen LogP contribution in [-0.4, -0.2) is 13.9 Å². The molecular formula is C10H22OSi. The van der Waals surface area contributed by atoms with Crippen LogP contribution in [0.2, 0.25) is 24.2 Å². The summed E-state index contributed by atoms with van der Waals surface area (Å²) in [5, 5.41) is 0.345. The summed E-state index contributed by atoms with van der Waals surface area (Å²) in [5.41, 5.74) is 0. The summed E-state index contributed by atoms with van der Waals surface area (Å²) in [6.45, 7) is 13.3. The summed E-state index contributed by atoms with van der Waals surface area (Å²) in [4.78, 5) is 11.3. The smallest absolute Gasteiger partial charge is 0.130 e. The highest BCUT2D eigenvalue weighted by Gasteiger charge is 2.36. The first-order valence-corrected chi connectivity index (χ1v) is 7.93. The molecule has 0 heterocycles. The van der Waals surface area contributed by atoms with Gasteiger partial charge >= 0.3 is 0 Å². The van der Waals surface area contributed by atoms with E-state index in [0.29, 0.717) is 17.2 Å². The van der Waals surface area contributed by atoms with Crippen LogP contribution in [-0.2, 0) is 4.79 Å². The van der Waals surface area contributed by atoms with Crippen molar-refractivity contribution in [1.29, 1.82) is 0 Å². The quantitative estimate of drug-likeness (QED) is 0.617. The zero-order chi connectivity index (χ0) is 9.99. The zero-order valence-corrected chi connectivity index (χ0v) is 10.3. The van der Waals surface area contributed by atoms with Gasteiger partial charge in [0.25, 0.3) is 0 Å². The van der Waals surface area contributed by atoms with E-state index in [0.717, 1.165) is 6.04 Å². The van der Waals surface area contributed by atoms with Gasteiger partial charge < -0.3 is 4.79 Å². The molecular weight excluding hydrogens is 164 g/mol. The van der Waals surface area contributed by atoms with Crippen LogP contribution in [0.15, 0.2) is 0 Å². The van der Waals surface area contributed by atoms with Gasteiger partial charge in [-0.1, -0.05) is 40.8 Å². The van der Waals surface area contributed by atoms with Gasteiger partial charge in [-0.15, -0.1) is 0 Å². The molecule has 0 amide bonds. The molecule has 12 heavy (non-hydrogen) atoms. The first-order chi connectivity index (χ1) is 5.20. The molecule has 0 aromatic carbocycles. The van der Waals surface area contributed by atoms with Crippen LogP contribution in [0.25, 0.3) is 0 Å². The van der Waals surface area contributed by atoms with E-state index in [2.05, 4.69) is 33.9 Å². The maximum absolute atomic E-state index is 11.3. The van der Waals surface area contributed by atoms with Crippen LogP contribution in [0.1, 0.15) is 34.1 Å². The lowest BCUT2D eigenvalue weighted by Crippen LogP contribution is -2.38. The van der Waals surface area contributed by atoms with E-state index in [1.165, 1.54) is 0 Å². The normalized spacial score (nSPS) is 13.2. The van der Waals surface area contributed by atoms with Gasteiger partial charge in [-0.2, -0.15) is 0 Å². The van der Waals surface area contributed by atoms with Crippen LogP contribution in [0.3, 0.4) is 0 Å². The molecule has 0 rings (SSSR count). The van der Waals surface area contributed by atoms with E-state index in [1.807, 2.05) is 6.92 Å². The summed E-state index contributed by atoms with van der Waals surface area (Å²) < 4.78 is 0. The van der Waals surface area contributed by atoms with E-state index in [9.17, 15) is 4.79 Å². The fourth-order valence-corrected chi connectivity index (χ4v) is 2.65. The van der Waals surface area contributed by atoms with Crippen molar-refractivity contribution in [3.63, 3.8) is 0 Å². The molecule has 0 aliphatic heterocycles. The molecule has 72 valence electrons. The van der Waals surface area contributed by atoms with Gasteiger partial charge in [-0.05, 0) is 5.04 Å². The Bertz CT molecular complexity index is 165. The average Bonchev–Trinajstić information content (AvgIpc) is 1.84. The average molecular weight is 186 g/mol. The standard InChI is InChI=1S/C10H22OSi/c1-7-9(11)8-12(5,6)10(2,3)4/h7-8H2,1-6H3. The van der Waals surface area contributed by atoms with Crippen molar-refractivity contribution in [2.75, 3.05) is 0 Å². The molecule has 0 N–H and O–H groups in total. The van der Waals surface area contributed by atoms with E-state index < -0.39 is 8.07 Å². The summed E-state index contributed by atoms with van der Waals surface area (Å²) in [6.07, 6.45) is 0.701. The highest BCUT2D eigenvalue weighted by Crippen LogP contribution is 2.38. The predicted molar refractivity (Wildman–Crippen MR) is 57.3 cm³/mol. The third kappa shape index (κ3) is 3.09. The lowest BCUT2D eigenvalue weighted by Gasteiger charge is -2.36. The third-order valence-corrected chi connectivity index (χ3v) is 8.40. The first-order valence-electron chi connectivity index (χ1n) is 4.72. The van der Waals surface area contributed by atoms with Crippen LogP contribution in [0.4, 0.5) is 0 Å². The largest absolute Gasteiger partial charge is 0.300 e. The summed E-state index contributed by atoms with van der Waals surface area (Å²) in [5.74, 6) is 0.432. The zero-order valence-electron chi connectivity index (χ0n) is 9.32. The van der Waals surface area contributed by atoms with Gasteiger partial charge in [0.1, 0.15) is 5.78 Å². The minimum atomic E-state index is -1.34. The monoisotopic (exact) mass is 186 g/mol. The molecule has 0 aliphatic carbocycles. The summed E-state index contributed by atoms with van der Waals surface area (Å²) >= 11 is 0. The molecule has 0 fully saturated rings. The molecule has 0 bridgehead atoms. The second-order valence-electron chi connectivity index (χ2n) is 5.20. The Morgan fingerprint density at radius 3 is 1.92 bits per heavy atom. The van der Waals surface area contributed by atoms with Gasteiger partial charge in [0, 0.05) is 12.5 Å². The van der Waals surface area contributed by atoms with Crippen molar-refractivity contribution in [1.82, 2.24) is 0 Å². The number of carbonyl (C=O) groups excluding carboxylic acids is 1. The predicted octanol–water partition coefficient (Wildman–Crippen LogP) is 3.47. The summed E-state index contributed by atoms with van der Waals surface area (Å²) in [6, 6.07) is 0.840. The van der Waals surface area contributed by atoms with Gasteiger partial charge in [0.2, 0.25) is 0 Å². The first kappa shape index (κ1) is 11.9. The Kier molecular flexibility index (Phi) is 3.70. The van der Waals surface area contributed by atoms with Gasteiger partial charge in [-0.25, -0.2) is 0 Å². The second-order valence-corrected chi connectivity index (χ2v) is 10.8. The SMILES string of the molecule is CCC(=O)C[Si](C)(C)C(C)(C)C.